The fraction of sp³-hybridized carbons (Fsp3) is 0.500. The molecule has 0 bridgehead atoms. The van der Waals surface area contributed by atoms with Gasteiger partial charge in [-0.15, -0.1) is 0 Å². The van der Waals surface area contributed by atoms with Gasteiger partial charge in [-0.25, -0.2) is 0 Å². The van der Waals surface area contributed by atoms with Crippen LogP contribution >= 0.6 is 0 Å². The summed E-state index contributed by atoms with van der Waals surface area (Å²) in [5.74, 6) is 0.117. The Hall–Kier alpha value is -1.55. The highest BCUT2D eigenvalue weighted by Crippen LogP contribution is 2.22. The van der Waals surface area contributed by atoms with Gasteiger partial charge in [-0.05, 0) is 37.0 Å². The molecule has 1 aliphatic carbocycles. The van der Waals surface area contributed by atoms with Crippen molar-refractivity contribution in [3.05, 3.63) is 29.8 Å². The van der Waals surface area contributed by atoms with Gasteiger partial charge in [-0.2, -0.15) is 0 Å². The molecule has 1 aromatic carbocycles. The first-order chi connectivity index (χ1) is 8.67. The molecule has 0 atom stereocenters. The van der Waals surface area contributed by atoms with Crippen LogP contribution in [-0.2, 0) is 16.0 Å². The van der Waals surface area contributed by atoms with Crippen LogP contribution in [0.4, 0.5) is 5.69 Å². The molecule has 1 amide bonds. The van der Waals surface area contributed by atoms with Gasteiger partial charge in [-0.1, -0.05) is 12.1 Å². The van der Waals surface area contributed by atoms with Crippen molar-refractivity contribution >= 4 is 11.6 Å². The molecule has 4 nitrogen and oxygen atoms in total. The number of carbonyl (C=O) groups excluding carboxylic acids is 1. The smallest absolute Gasteiger partial charge is 0.220 e. The molecule has 0 spiro atoms. The van der Waals surface area contributed by atoms with Crippen molar-refractivity contribution in [2.75, 3.05) is 12.8 Å². The number of aryl methyl sites for hydroxylation is 1. The van der Waals surface area contributed by atoms with Crippen molar-refractivity contribution in [3.63, 3.8) is 0 Å². The topological polar surface area (TPSA) is 64.3 Å². The van der Waals surface area contributed by atoms with E-state index >= 15 is 0 Å². The van der Waals surface area contributed by atoms with Gasteiger partial charge < -0.3 is 15.8 Å². The molecule has 0 radical (unpaired) electrons. The summed E-state index contributed by atoms with van der Waals surface area (Å²) in [6.07, 6.45) is 3.48. The van der Waals surface area contributed by atoms with E-state index < -0.39 is 0 Å². The van der Waals surface area contributed by atoms with E-state index in [1.807, 2.05) is 24.3 Å². The van der Waals surface area contributed by atoms with Gasteiger partial charge in [0.1, 0.15) is 0 Å². The number of carbonyl (C=O) groups is 1. The molecule has 0 heterocycles. The minimum Gasteiger partial charge on any atom is -0.399 e. The summed E-state index contributed by atoms with van der Waals surface area (Å²) in [4.78, 5) is 11.7. The van der Waals surface area contributed by atoms with Gasteiger partial charge in [-0.3, -0.25) is 4.79 Å². The van der Waals surface area contributed by atoms with E-state index in [0.29, 0.717) is 18.6 Å². The zero-order valence-electron chi connectivity index (χ0n) is 10.7. The Morgan fingerprint density at radius 3 is 2.67 bits per heavy atom. The lowest BCUT2D eigenvalue weighted by atomic mass is 9.89. The average Bonchev–Trinajstić information content (AvgIpc) is 2.32. The Morgan fingerprint density at radius 1 is 1.39 bits per heavy atom. The monoisotopic (exact) mass is 248 g/mol. The minimum atomic E-state index is 0.117. The third kappa shape index (κ3) is 3.47. The Kier molecular flexibility index (Phi) is 4.20. The van der Waals surface area contributed by atoms with Crippen LogP contribution in [0.25, 0.3) is 0 Å². The summed E-state index contributed by atoms with van der Waals surface area (Å²) in [7, 11) is 1.71. The average molecular weight is 248 g/mol. The zero-order chi connectivity index (χ0) is 13.0. The predicted molar refractivity (Wildman–Crippen MR) is 71.1 cm³/mol. The summed E-state index contributed by atoms with van der Waals surface area (Å²) in [6.45, 7) is 0. The molecular formula is C14H20N2O2. The van der Waals surface area contributed by atoms with E-state index in [0.717, 1.165) is 30.5 Å². The number of rotatable bonds is 5. The summed E-state index contributed by atoms with van der Waals surface area (Å²) in [6, 6.07) is 7.96. The number of hydrogen-bond donors (Lipinski definition) is 2. The van der Waals surface area contributed by atoms with Crippen LogP contribution in [0.1, 0.15) is 24.8 Å². The first-order valence-electron chi connectivity index (χ1n) is 6.34. The van der Waals surface area contributed by atoms with Crippen LogP contribution in [0.3, 0.4) is 0 Å². The van der Waals surface area contributed by atoms with Crippen LogP contribution in [0.15, 0.2) is 24.3 Å². The maximum Gasteiger partial charge on any atom is 0.220 e. The molecule has 1 fully saturated rings. The van der Waals surface area contributed by atoms with Crippen molar-refractivity contribution in [3.8, 4) is 0 Å². The molecule has 1 saturated carbocycles. The highest BCUT2D eigenvalue weighted by molar-refractivity contribution is 5.76. The zero-order valence-corrected chi connectivity index (χ0v) is 10.7. The number of amides is 1. The van der Waals surface area contributed by atoms with E-state index in [4.69, 9.17) is 10.5 Å². The largest absolute Gasteiger partial charge is 0.399 e. The summed E-state index contributed by atoms with van der Waals surface area (Å²) in [5.41, 5.74) is 7.50. The lowest BCUT2D eigenvalue weighted by Crippen LogP contribution is -2.47. The third-order valence-electron chi connectivity index (χ3n) is 3.41. The van der Waals surface area contributed by atoms with Gasteiger partial charge in [0.25, 0.3) is 0 Å². The molecule has 0 aromatic heterocycles. The SMILES string of the molecule is COC1CC(NC(=O)CCc2ccc(N)cc2)C1. The van der Waals surface area contributed by atoms with Crippen LogP contribution in [0.5, 0.6) is 0 Å². The Bertz CT molecular complexity index is 397. The van der Waals surface area contributed by atoms with E-state index in [2.05, 4.69) is 5.32 Å². The van der Waals surface area contributed by atoms with Crippen LogP contribution in [-0.4, -0.2) is 25.2 Å². The van der Waals surface area contributed by atoms with E-state index in [-0.39, 0.29) is 5.91 Å². The van der Waals surface area contributed by atoms with Crippen molar-refractivity contribution in [1.82, 2.24) is 5.32 Å². The van der Waals surface area contributed by atoms with Crippen molar-refractivity contribution in [2.45, 2.75) is 37.8 Å². The maximum absolute atomic E-state index is 11.7. The second kappa shape index (κ2) is 5.87. The standard InChI is InChI=1S/C14H20N2O2/c1-18-13-8-12(9-13)16-14(17)7-4-10-2-5-11(15)6-3-10/h2-3,5-6,12-13H,4,7-9,15H2,1H3,(H,16,17). The Morgan fingerprint density at radius 2 is 2.06 bits per heavy atom. The van der Waals surface area contributed by atoms with Gasteiger partial charge in [0.15, 0.2) is 0 Å². The molecule has 4 heteroatoms. The summed E-state index contributed by atoms with van der Waals surface area (Å²) < 4.78 is 5.18. The molecule has 18 heavy (non-hydrogen) atoms. The lowest BCUT2D eigenvalue weighted by Gasteiger charge is -2.34. The van der Waals surface area contributed by atoms with Crippen molar-refractivity contribution in [1.29, 1.82) is 0 Å². The van der Waals surface area contributed by atoms with Crippen LogP contribution in [0.2, 0.25) is 0 Å². The molecule has 98 valence electrons. The second-order valence-electron chi connectivity index (χ2n) is 4.84. The van der Waals surface area contributed by atoms with E-state index in [9.17, 15) is 4.79 Å². The lowest BCUT2D eigenvalue weighted by molar-refractivity contribution is -0.123. The minimum absolute atomic E-state index is 0.117. The Balaban J connectivity index is 1.67. The molecule has 1 aromatic rings. The normalized spacial score (nSPS) is 22.3. The van der Waals surface area contributed by atoms with Crippen LogP contribution in [0, 0.1) is 0 Å². The highest BCUT2D eigenvalue weighted by atomic mass is 16.5. The predicted octanol–water partition coefficient (Wildman–Crippen LogP) is 1.49. The Labute approximate surface area is 108 Å². The molecule has 2 rings (SSSR count). The first kappa shape index (κ1) is 12.9. The highest BCUT2D eigenvalue weighted by Gasteiger charge is 2.29. The van der Waals surface area contributed by atoms with E-state index in [1.54, 1.807) is 7.11 Å². The number of benzene rings is 1. The number of ether oxygens (including phenoxy) is 1. The van der Waals surface area contributed by atoms with Gasteiger partial charge in [0.2, 0.25) is 5.91 Å². The number of anilines is 1. The summed E-state index contributed by atoms with van der Waals surface area (Å²) >= 11 is 0. The quantitative estimate of drug-likeness (QED) is 0.776. The van der Waals surface area contributed by atoms with Crippen LogP contribution < -0.4 is 11.1 Å². The van der Waals surface area contributed by atoms with E-state index in [1.165, 1.54) is 0 Å². The molecule has 3 N–H and O–H groups in total. The van der Waals surface area contributed by atoms with Crippen molar-refractivity contribution in [2.24, 2.45) is 0 Å². The molecule has 0 unspecified atom stereocenters. The van der Waals surface area contributed by atoms with Crippen molar-refractivity contribution < 1.29 is 9.53 Å². The summed E-state index contributed by atoms with van der Waals surface area (Å²) in [5, 5.41) is 3.02. The number of nitrogen functional groups attached to an aromatic ring is 1. The third-order valence-corrected chi connectivity index (χ3v) is 3.41. The fourth-order valence-corrected chi connectivity index (χ4v) is 2.12. The first-order valence-corrected chi connectivity index (χ1v) is 6.34. The molecule has 0 saturated heterocycles. The van der Waals surface area contributed by atoms with Gasteiger partial charge in [0, 0.05) is 25.3 Å². The maximum atomic E-state index is 11.7. The van der Waals surface area contributed by atoms with Gasteiger partial charge >= 0.3 is 0 Å². The number of nitrogens with two attached hydrogens (primary N) is 1. The number of nitrogens with one attached hydrogen (secondary N) is 1. The molecule has 0 aliphatic heterocycles. The molecular weight excluding hydrogens is 228 g/mol. The van der Waals surface area contributed by atoms with Gasteiger partial charge in [0.05, 0.1) is 6.10 Å². The molecule has 1 aliphatic rings. The second-order valence-corrected chi connectivity index (χ2v) is 4.84. The number of methoxy groups -OCH3 is 1. The number of hydrogen-bond acceptors (Lipinski definition) is 3. The fourth-order valence-electron chi connectivity index (χ4n) is 2.12.